The molecule has 2 N–H and O–H groups in total. The molecule has 0 bridgehead atoms. The predicted molar refractivity (Wildman–Crippen MR) is 64.6 cm³/mol. The lowest BCUT2D eigenvalue weighted by Crippen LogP contribution is -2.52. The predicted octanol–water partition coefficient (Wildman–Crippen LogP) is 0.807. The van der Waals surface area contributed by atoms with E-state index in [1.54, 1.807) is 0 Å². The van der Waals surface area contributed by atoms with E-state index in [4.69, 9.17) is 0 Å². The number of piperidine rings is 1. The lowest BCUT2D eigenvalue weighted by molar-refractivity contribution is -0.119. The fourth-order valence-corrected chi connectivity index (χ4v) is 3.18. The number of nitrogens with zero attached hydrogens (tertiary/aromatic N) is 1. The molecule has 4 heteroatoms. The summed E-state index contributed by atoms with van der Waals surface area (Å²) < 4.78 is 0. The maximum Gasteiger partial charge on any atom is 0.221 e. The second-order valence-corrected chi connectivity index (χ2v) is 4.99. The number of aromatic nitrogens is 1. The number of amides is 1. The van der Waals surface area contributed by atoms with Crippen LogP contribution in [0.1, 0.15) is 30.7 Å². The van der Waals surface area contributed by atoms with Crippen LogP contribution in [0.4, 0.5) is 0 Å². The standard InChI is InChI=1S/C13H17N3O/c17-12-9-11(10-1-5-14-6-2-10)13(16-12)3-7-15-8-4-13/h1-2,5-6,11,15H,3-4,7-9H2,(H,16,17). The minimum Gasteiger partial charge on any atom is -0.350 e. The summed E-state index contributed by atoms with van der Waals surface area (Å²) in [7, 11) is 0. The van der Waals surface area contributed by atoms with Gasteiger partial charge in [0.05, 0.1) is 0 Å². The Balaban J connectivity index is 1.94. The Hall–Kier alpha value is -1.42. The second-order valence-electron chi connectivity index (χ2n) is 4.99. The molecule has 2 saturated heterocycles. The number of carbonyl (C=O) groups is 1. The number of rotatable bonds is 1. The summed E-state index contributed by atoms with van der Waals surface area (Å²) in [6.45, 7) is 1.98. The Bertz CT molecular complexity index is 412. The van der Waals surface area contributed by atoms with Crippen LogP contribution in [0.15, 0.2) is 24.5 Å². The van der Waals surface area contributed by atoms with Crippen molar-refractivity contribution in [1.29, 1.82) is 0 Å². The first-order valence-corrected chi connectivity index (χ1v) is 6.22. The first-order chi connectivity index (χ1) is 8.30. The third-order valence-electron chi connectivity index (χ3n) is 4.05. The highest BCUT2D eigenvalue weighted by Crippen LogP contribution is 2.41. The zero-order valence-corrected chi connectivity index (χ0v) is 9.78. The maximum atomic E-state index is 11.8. The molecule has 3 heterocycles. The van der Waals surface area contributed by atoms with Gasteiger partial charge in [-0.05, 0) is 43.6 Å². The van der Waals surface area contributed by atoms with Crippen molar-refractivity contribution in [2.24, 2.45) is 0 Å². The Morgan fingerprint density at radius 2 is 1.94 bits per heavy atom. The summed E-state index contributed by atoms with van der Waals surface area (Å²) >= 11 is 0. The summed E-state index contributed by atoms with van der Waals surface area (Å²) in [5.41, 5.74) is 1.21. The summed E-state index contributed by atoms with van der Waals surface area (Å²) in [5, 5.41) is 6.58. The van der Waals surface area contributed by atoms with Crippen molar-refractivity contribution in [3.8, 4) is 0 Å². The number of nitrogens with one attached hydrogen (secondary N) is 2. The van der Waals surface area contributed by atoms with Crippen molar-refractivity contribution in [1.82, 2.24) is 15.6 Å². The van der Waals surface area contributed by atoms with E-state index in [-0.39, 0.29) is 11.4 Å². The SMILES string of the molecule is O=C1CC(c2ccncc2)C2(CCNCC2)N1. The van der Waals surface area contributed by atoms with Gasteiger partial charge in [0.1, 0.15) is 0 Å². The minimum atomic E-state index is -0.0241. The van der Waals surface area contributed by atoms with Crippen LogP contribution in [0.2, 0.25) is 0 Å². The average molecular weight is 231 g/mol. The van der Waals surface area contributed by atoms with Crippen molar-refractivity contribution in [3.63, 3.8) is 0 Å². The highest BCUT2D eigenvalue weighted by Gasteiger charge is 2.47. The molecule has 0 radical (unpaired) electrons. The molecular formula is C13H17N3O. The zero-order valence-electron chi connectivity index (χ0n) is 9.78. The van der Waals surface area contributed by atoms with Crippen LogP contribution in [0, 0.1) is 0 Å². The topological polar surface area (TPSA) is 54.0 Å². The lowest BCUT2D eigenvalue weighted by atomic mass is 9.75. The van der Waals surface area contributed by atoms with Gasteiger partial charge < -0.3 is 10.6 Å². The van der Waals surface area contributed by atoms with E-state index in [0.29, 0.717) is 12.3 Å². The molecular weight excluding hydrogens is 214 g/mol. The van der Waals surface area contributed by atoms with Gasteiger partial charge in [-0.15, -0.1) is 0 Å². The van der Waals surface area contributed by atoms with Crippen molar-refractivity contribution < 1.29 is 4.79 Å². The summed E-state index contributed by atoms with van der Waals surface area (Å²) in [6, 6.07) is 4.07. The second kappa shape index (κ2) is 4.11. The van der Waals surface area contributed by atoms with Crippen LogP contribution in [-0.4, -0.2) is 29.5 Å². The van der Waals surface area contributed by atoms with Gasteiger partial charge in [0.2, 0.25) is 5.91 Å². The summed E-state index contributed by atoms with van der Waals surface area (Å²) in [4.78, 5) is 15.8. The molecule has 1 aromatic rings. The molecule has 1 aromatic heterocycles. The largest absolute Gasteiger partial charge is 0.350 e. The van der Waals surface area contributed by atoms with Crippen molar-refractivity contribution in [2.75, 3.05) is 13.1 Å². The van der Waals surface area contributed by atoms with E-state index in [2.05, 4.69) is 15.6 Å². The van der Waals surface area contributed by atoms with Gasteiger partial charge in [0.25, 0.3) is 0 Å². The molecule has 1 unspecified atom stereocenters. The van der Waals surface area contributed by atoms with Crippen LogP contribution >= 0.6 is 0 Å². The third kappa shape index (κ3) is 1.82. The molecule has 2 fully saturated rings. The van der Waals surface area contributed by atoms with E-state index in [1.165, 1.54) is 5.56 Å². The Morgan fingerprint density at radius 1 is 1.24 bits per heavy atom. The Labute approximate surface area is 101 Å². The van der Waals surface area contributed by atoms with E-state index in [0.717, 1.165) is 25.9 Å². The van der Waals surface area contributed by atoms with Gasteiger partial charge in [-0.2, -0.15) is 0 Å². The minimum absolute atomic E-state index is 0.0241. The fourth-order valence-electron chi connectivity index (χ4n) is 3.18. The maximum absolute atomic E-state index is 11.8. The van der Waals surface area contributed by atoms with Gasteiger partial charge in [-0.25, -0.2) is 0 Å². The number of hydrogen-bond donors (Lipinski definition) is 2. The van der Waals surface area contributed by atoms with Gasteiger partial charge in [0.15, 0.2) is 0 Å². The molecule has 4 nitrogen and oxygen atoms in total. The van der Waals surface area contributed by atoms with Crippen LogP contribution in [0.3, 0.4) is 0 Å². The van der Waals surface area contributed by atoms with Crippen LogP contribution in [0.5, 0.6) is 0 Å². The lowest BCUT2D eigenvalue weighted by Gasteiger charge is -2.39. The molecule has 2 aliphatic heterocycles. The van der Waals surface area contributed by atoms with Crippen molar-refractivity contribution in [2.45, 2.75) is 30.7 Å². The van der Waals surface area contributed by atoms with Crippen LogP contribution in [-0.2, 0) is 4.79 Å². The average Bonchev–Trinajstić information content (AvgIpc) is 2.68. The van der Waals surface area contributed by atoms with Gasteiger partial charge in [-0.1, -0.05) is 0 Å². The van der Waals surface area contributed by atoms with Gasteiger partial charge in [0, 0.05) is 30.3 Å². The van der Waals surface area contributed by atoms with E-state index in [9.17, 15) is 4.79 Å². The van der Waals surface area contributed by atoms with E-state index in [1.807, 2.05) is 24.5 Å². The zero-order chi connectivity index (χ0) is 11.7. The highest BCUT2D eigenvalue weighted by atomic mass is 16.2. The highest BCUT2D eigenvalue weighted by molar-refractivity contribution is 5.81. The molecule has 1 atom stereocenters. The van der Waals surface area contributed by atoms with E-state index >= 15 is 0 Å². The smallest absolute Gasteiger partial charge is 0.221 e. The third-order valence-corrected chi connectivity index (χ3v) is 4.05. The molecule has 90 valence electrons. The monoisotopic (exact) mass is 231 g/mol. The number of carbonyl (C=O) groups excluding carboxylic acids is 1. The normalized spacial score (nSPS) is 27.1. The van der Waals surface area contributed by atoms with Crippen LogP contribution in [0.25, 0.3) is 0 Å². The van der Waals surface area contributed by atoms with Gasteiger partial charge >= 0.3 is 0 Å². The molecule has 0 aromatic carbocycles. The van der Waals surface area contributed by atoms with Crippen LogP contribution < -0.4 is 10.6 Å². The molecule has 0 saturated carbocycles. The molecule has 2 aliphatic rings. The summed E-state index contributed by atoms with van der Waals surface area (Å²) in [5.74, 6) is 0.494. The van der Waals surface area contributed by atoms with Crippen molar-refractivity contribution in [3.05, 3.63) is 30.1 Å². The van der Waals surface area contributed by atoms with Gasteiger partial charge in [-0.3, -0.25) is 9.78 Å². The number of pyridine rings is 1. The Kier molecular flexibility index (Phi) is 2.59. The molecule has 3 rings (SSSR count). The fraction of sp³-hybridized carbons (Fsp3) is 0.538. The molecule has 17 heavy (non-hydrogen) atoms. The quantitative estimate of drug-likeness (QED) is 0.752. The molecule has 1 spiro atoms. The summed E-state index contributed by atoms with van der Waals surface area (Å²) in [6.07, 6.45) is 6.28. The molecule has 1 amide bonds. The van der Waals surface area contributed by atoms with Crippen molar-refractivity contribution >= 4 is 5.91 Å². The Morgan fingerprint density at radius 3 is 2.65 bits per heavy atom. The molecule has 0 aliphatic carbocycles. The number of hydrogen-bond acceptors (Lipinski definition) is 3. The first-order valence-electron chi connectivity index (χ1n) is 6.22. The first kappa shape index (κ1) is 10.7. The van der Waals surface area contributed by atoms with E-state index < -0.39 is 0 Å².